The number of ether oxygens (including phenoxy) is 3. The Morgan fingerprint density at radius 3 is 2.72 bits per heavy atom. The molecule has 0 atom stereocenters. The lowest BCUT2D eigenvalue weighted by atomic mass is 10.00. The van der Waals surface area contributed by atoms with Gasteiger partial charge in [0.25, 0.3) is 0 Å². The smallest absolute Gasteiger partial charge is 0.338 e. The highest BCUT2D eigenvalue weighted by Crippen LogP contribution is 2.43. The number of rotatable bonds is 3. The van der Waals surface area contributed by atoms with E-state index in [1.54, 1.807) is 30.3 Å². The van der Waals surface area contributed by atoms with Gasteiger partial charge >= 0.3 is 5.97 Å². The van der Waals surface area contributed by atoms with Crippen LogP contribution in [0.15, 0.2) is 30.3 Å². The summed E-state index contributed by atoms with van der Waals surface area (Å²) < 4.78 is 16.7. The third kappa shape index (κ3) is 3.40. The van der Waals surface area contributed by atoms with Crippen LogP contribution in [0, 0.1) is 11.3 Å². The Morgan fingerprint density at radius 2 is 2.08 bits per heavy atom. The average molecular weight is 358 g/mol. The van der Waals surface area contributed by atoms with Crippen molar-refractivity contribution in [3.63, 3.8) is 0 Å². The van der Waals surface area contributed by atoms with Crippen molar-refractivity contribution >= 4 is 17.6 Å². The number of nitriles is 1. The van der Waals surface area contributed by atoms with Crippen molar-refractivity contribution in [2.75, 3.05) is 7.11 Å². The van der Waals surface area contributed by atoms with Crippen LogP contribution in [0.4, 0.5) is 0 Å². The van der Waals surface area contributed by atoms with E-state index in [9.17, 15) is 4.79 Å². The molecule has 0 radical (unpaired) electrons. The van der Waals surface area contributed by atoms with E-state index in [2.05, 4.69) is 0 Å². The molecule has 0 aliphatic carbocycles. The Morgan fingerprint density at radius 1 is 1.32 bits per heavy atom. The fourth-order valence-electron chi connectivity index (χ4n) is 2.75. The second-order valence-electron chi connectivity index (χ2n) is 6.34. The van der Waals surface area contributed by atoms with E-state index in [1.165, 1.54) is 7.11 Å². The molecule has 0 spiro atoms. The molecule has 0 saturated carbocycles. The van der Waals surface area contributed by atoms with Gasteiger partial charge in [0.05, 0.1) is 23.3 Å². The molecule has 0 fully saturated rings. The molecule has 25 heavy (non-hydrogen) atoms. The van der Waals surface area contributed by atoms with E-state index in [4.69, 9.17) is 31.1 Å². The van der Waals surface area contributed by atoms with Gasteiger partial charge in [-0.1, -0.05) is 11.6 Å². The summed E-state index contributed by atoms with van der Waals surface area (Å²) in [6.07, 6.45) is 0.642. The molecule has 0 N–H and O–H groups in total. The van der Waals surface area contributed by atoms with Crippen LogP contribution in [0.2, 0.25) is 5.02 Å². The van der Waals surface area contributed by atoms with Crippen molar-refractivity contribution in [3.8, 4) is 23.3 Å². The molecular weight excluding hydrogens is 342 g/mol. The second-order valence-corrected chi connectivity index (χ2v) is 6.74. The van der Waals surface area contributed by atoms with Gasteiger partial charge in [-0.25, -0.2) is 4.79 Å². The molecule has 0 bridgehead atoms. The third-order valence-electron chi connectivity index (χ3n) is 3.87. The van der Waals surface area contributed by atoms with Gasteiger partial charge in [0.2, 0.25) is 0 Å². The van der Waals surface area contributed by atoms with Crippen LogP contribution in [0.25, 0.3) is 0 Å². The summed E-state index contributed by atoms with van der Waals surface area (Å²) in [5.41, 5.74) is 1.19. The number of nitrogens with zero attached hydrogens (tertiary/aromatic N) is 1. The van der Waals surface area contributed by atoms with Crippen molar-refractivity contribution < 1.29 is 19.0 Å². The largest absolute Gasteiger partial charge is 0.487 e. The van der Waals surface area contributed by atoms with E-state index >= 15 is 0 Å². The number of esters is 1. The Hall–Kier alpha value is -2.71. The first-order chi connectivity index (χ1) is 11.8. The second kappa shape index (κ2) is 6.30. The normalized spacial score (nSPS) is 14.2. The van der Waals surface area contributed by atoms with Crippen molar-refractivity contribution in [2.45, 2.75) is 25.9 Å². The molecule has 1 aliphatic rings. The number of halogens is 1. The third-order valence-corrected chi connectivity index (χ3v) is 4.18. The predicted molar refractivity (Wildman–Crippen MR) is 92.4 cm³/mol. The monoisotopic (exact) mass is 357 g/mol. The summed E-state index contributed by atoms with van der Waals surface area (Å²) in [4.78, 5) is 11.9. The van der Waals surface area contributed by atoms with Crippen molar-refractivity contribution in [3.05, 3.63) is 52.0 Å². The van der Waals surface area contributed by atoms with Gasteiger partial charge in [0.15, 0.2) is 0 Å². The number of carbonyl (C=O) groups is 1. The minimum Gasteiger partial charge on any atom is -0.487 e. The fourth-order valence-corrected chi connectivity index (χ4v) is 2.96. The van der Waals surface area contributed by atoms with Crippen molar-refractivity contribution in [2.24, 2.45) is 0 Å². The molecule has 6 heteroatoms. The van der Waals surface area contributed by atoms with Gasteiger partial charge < -0.3 is 14.2 Å². The molecule has 128 valence electrons. The SMILES string of the molecule is COC(=O)c1cc(Oc2ccc(C#N)c(Cl)c2)c2c(c1)OC(C)(C)C2. The number of methoxy groups -OCH3 is 1. The quantitative estimate of drug-likeness (QED) is 0.756. The Kier molecular flexibility index (Phi) is 4.32. The maximum atomic E-state index is 11.9. The van der Waals surface area contributed by atoms with Crippen LogP contribution < -0.4 is 9.47 Å². The fraction of sp³-hybridized carbons (Fsp3) is 0.263. The summed E-state index contributed by atoms with van der Waals surface area (Å²) in [5.74, 6) is 1.10. The van der Waals surface area contributed by atoms with Gasteiger partial charge in [-0.2, -0.15) is 5.26 Å². The highest BCUT2D eigenvalue weighted by Gasteiger charge is 2.34. The first-order valence-corrected chi connectivity index (χ1v) is 8.02. The van der Waals surface area contributed by atoms with Crippen molar-refractivity contribution in [1.29, 1.82) is 5.26 Å². The zero-order valence-corrected chi connectivity index (χ0v) is 14.8. The number of benzene rings is 2. The summed E-state index contributed by atoms with van der Waals surface area (Å²) in [7, 11) is 1.32. The van der Waals surface area contributed by atoms with Crippen molar-refractivity contribution in [1.82, 2.24) is 0 Å². The highest BCUT2D eigenvalue weighted by atomic mass is 35.5. The van der Waals surface area contributed by atoms with Gasteiger partial charge in [-0.15, -0.1) is 0 Å². The summed E-state index contributed by atoms with van der Waals surface area (Å²) in [6, 6.07) is 10.1. The van der Waals surface area contributed by atoms with Gasteiger partial charge in [0, 0.05) is 18.1 Å². The van der Waals surface area contributed by atoms with E-state index in [1.807, 2.05) is 19.9 Å². The van der Waals surface area contributed by atoms with Gasteiger partial charge in [-0.3, -0.25) is 0 Å². The number of hydrogen-bond donors (Lipinski definition) is 0. The highest BCUT2D eigenvalue weighted by molar-refractivity contribution is 6.31. The molecule has 2 aromatic rings. The Bertz CT molecular complexity index is 899. The first-order valence-electron chi connectivity index (χ1n) is 7.65. The summed E-state index contributed by atoms with van der Waals surface area (Å²) in [5, 5.41) is 9.27. The minimum absolute atomic E-state index is 0.303. The maximum Gasteiger partial charge on any atom is 0.338 e. The van der Waals surface area contributed by atoms with Crippen LogP contribution in [-0.4, -0.2) is 18.7 Å². The maximum absolute atomic E-state index is 11.9. The van der Waals surface area contributed by atoms with Crippen LogP contribution in [-0.2, 0) is 11.2 Å². The molecule has 0 aromatic heterocycles. The topological polar surface area (TPSA) is 68.5 Å². The van der Waals surface area contributed by atoms with E-state index in [0.717, 1.165) is 5.56 Å². The molecule has 0 unspecified atom stereocenters. The lowest BCUT2D eigenvalue weighted by molar-refractivity contribution is 0.0599. The standard InChI is InChI=1S/C19H16ClNO4/c1-19(2)9-14-16(6-12(18(22)23-3)7-17(14)25-19)24-13-5-4-11(10-21)15(20)8-13/h4-8H,9H2,1-3H3. The van der Waals surface area contributed by atoms with Crippen LogP contribution >= 0.6 is 11.6 Å². The van der Waals surface area contributed by atoms with E-state index < -0.39 is 11.6 Å². The zero-order chi connectivity index (χ0) is 18.2. The summed E-state index contributed by atoms with van der Waals surface area (Å²) in [6.45, 7) is 3.93. The molecule has 5 nitrogen and oxygen atoms in total. The van der Waals surface area contributed by atoms with Crippen LogP contribution in [0.3, 0.4) is 0 Å². The molecule has 0 saturated heterocycles. The zero-order valence-electron chi connectivity index (χ0n) is 14.1. The Balaban J connectivity index is 2.03. The van der Waals surface area contributed by atoms with E-state index in [0.29, 0.717) is 39.8 Å². The molecule has 1 heterocycles. The Labute approximate surface area is 150 Å². The molecule has 2 aromatic carbocycles. The molecule has 1 aliphatic heterocycles. The van der Waals surface area contributed by atoms with Gasteiger partial charge in [-0.05, 0) is 38.1 Å². The number of hydrogen-bond acceptors (Lipinski definition) is 5. The van der Waals surface area contributed by atoms with Gasteiger partial charge in [0.1, 0.15) is 28.9 Å². The van der Waals surface area contributed by atoms with Crippen LogP contribution in [0.1, 0.15) is 35.3 Å². The minimum atomic E-state index is -0.473. The van der Waals surface area contributed by atoms with Crippen LogP contribution in [0.5, 0.6) is 17.2 Å². The lowest BCUT2D eigenvalue weighted by Gasteiger charge is -2.16. The number of carbonyl (C=O) groups excluding carboxylic acids is 1. The first kappa shape index (κ1) is 17.1. The predicted octanol–water partition coefficient (Wildman–Crippen LogP) is 4.50. The molecule has 3 rings (SSSR count). The lowest BCUT2D eigenvalue weighted by Crippen LogP contribution is -2.24. The average Bonchev–Trinajstić information content (AvgIpc) is 2.88. The molecule has 0 amide bonds. The molecular formula is C19H16ClNO4. The summed E-state index contributed by atoms with van der Waals surface area (Å²) >= 11 is 6.06. The van der Waals surface area contributed by atoms with E-state index in [-0.39, 0.29) is 0 Å². The number of fused-ring (bicyclic) bond motifs is 1.